The monoisotopic (exact) mass is 375 g/mol. The predicted octanol–water partition coefficient (Wildman–Crippen LogP) is -0.450. The van der Waals surface area contributed by atoms with Crippen molar-refractivity contribution >= 4 is 0 Å². The Kier molecular flexibility index (Phi) is 6.33. The number of aliphatic hydroxyl groups is 2. The van der Waals surface area contributed by atoms with Crippen molar-refractivity contribution < 1.29 is 38.6 Å². The van der Waals surface area contributed by atoms with E-state index < -0.39 is 55.2 Å². The Balaban J connectivity index is 1.80. The Hall–Kier alpha value is -1.01. The van der Waals surface area contributed by atoms with Crippen molar-refractivity contribution in [2.45, 2.75) is 62.2 Å². The summed E-state index contributed by atoms with van der Waals surface area (Å²) in [6.07, 6.45) is -5.46. The summed E-state index contributed by atoms with van der Waals surface area (Å²) in [5.74, 6) is -0.326. The molecule has 0 radical (unpaired) electrons. The molecule has 0 saturated carbocycles. The highest BCUT2D eigenvalue weighted by Gasteiger charge is 2.54. The predicted molar refractivity (Wildman–Crippen MR) is 84.9 cm³/mol. The summed E-state index contributed by atoms with van der Waals surface area (Å²) in [7, 11) is 2.98. The second-order valence-corrected chi connectivity index (χ2v) is 6.65. The van der Waals surface area contributed by atoms with E-state index in [1.54, 1.807) is 0 Å². The van der Waals surface area contributed by atoms with E-state index in [4.69, 9.17) is 34.0 Å². The van der Waals surface area contributed by atoms with Gasteiger partial charge in [0, 0.05) is 25.0 Å². The lowest BCUT2D eigenvalue weighted by Gasteiger charge is -2.46. The first kappa shape index (κ1) is 19.7. The van der Waals surface area contributed by atoms with Crippen LogP contribution in [0.2, 0.25) is 0 Å². The van der Waals surface area contributed by atoms with Gasteiger partial charge in [-0.2, -0.15) is 0 Å². The SMILES string of the molecule is CO[C@H]1C(C)[C@H](O[C@@H]2C3CO[C@H](O3)C(N=[N+]=[N-])[C@@H]2OC)OC(CO)[C@H]1O. The molecule has 26 heavy (non-hydrogen) atoms. The van der Waals surface area contributed by atoms with Gasteiger partial charge in [0.15, 0.2) is 12.6 Å². The van der Waals surface area contributed by atoms with Crippen LogP contribution in [0.15, 0.2) is 5.11 Å². The molecule has 10 atom stereocenters. The van der Waals surface area contributed by atoms with E-state index in [-0.39, 0.29) is 19.1 Å². The Morgan fingerprint density at radius 1 is 1.19 bits per heavy atom. The summed E-state index contributed by atoms with van der Waals surface area (Å²) in [6.45, 7) is 1.71. The van der Waals surface area contributed by atoms with E-state index in [2.05, 4.69) is 10.0 Å². The summed E-state index contributed by atoms with van der Waals surface area (Å²) >= 11 is 0. The van der Waals surface area contributed by atoms with Crippen molar-refractivity contribution in [2.75, 3.05) is 27.4 Å². The summed E-state index contributed by atoms with van der Waals surface area (Å²) in [5.41, 5.74) is 8.82. The fourth-order valence-corrected chi connectivity index (χ4v) is 3.84. The lowest BCUT2D eigenvalue weighted by Crippen LogP contribution is -2.60. The molecular weight excluding hydrogens is 350 g/mol. The molecule has 0 aromatic rings. The van der Waals surface area contributed by atoms with Gasteiger partial charge >= 0.3 is 0 Å². The highest BCUT2D eigenvalue weighted by molar-refractivity contribution is 5.00. The average molecular weight is 375 g/mol. The third-order valence-electron chi connectivity index (χ3n) is 5.21. The maximum atomic E-state index is 10.2. The van der Waals surface area contributed by atoms with Crippen LogP contribution < -0.4 is 0 Å². The topological polar surface area (TPSA) is 145 Å². The van der Waals surface area contributed by atoms with E-state index in [0.29, 0.717) is 0 Å². The summed E-state index contributed by atoms with van der Waals surface area (Å²) in [6, 6.07) is -0.704. The molecule has 3 aliphatic heterocycles. The Morgan fingerprint density at radius 3 is 2.54 bits per heavy atom. The van der Waals surface area contributed by atoms with Crippen molar-refractivity contribution in [1.82, 2.24) is 0 Å². The van der Waals surface area contributed by atoms with E-state index in [1.165, 1.54) is 14.2 Å². The molecule has 3 aliphatic rings. The summed E-state index contributed by atoms with van der Waals surface area (Å²) in [5, 5.41) is 23.5. The molecule has 0 amide bonds. The molecule has 0 spiro atoms. The number of ether oxygens (including phenoxy) is 6. The second kappa shape index (κ2) is 8.34. The molecule has 11 nitrogen and oxygen atoms in total. The molecule has 3 rings (SSSR count). The molecule has 3 fully saturated rings. The Labute approximate surface area is 150 Å². The third-order valence-corrected chi connectivity index (χ3v) is 5.21. The molecule has 3 heterocycles. The van der Waals surface area contributed by atoms with E-state index in [1.807, 2.05) is 6.92 Å². The van der Waals surface area contributed by atoms with Crippen LogP contribution in [0.4, 0.5) is 0 Å². The minimum Gasteiger partial charge on any atom is -0.394 e. The number of azide groups is 1. The van der Waals surface area contributed by atoms with Crippen LogP contribution in [0.1, 0.15) is 6.92 Å². The molecular formula is C15H25N3O8. The van der Waals surface area contributed by atoms with Gasteiger partial charge in [-0.3, -0.25) is 0 Å². The number of rotatable bonds is 6. The van der Waals surface area contributed by atoms with Crippen LogP contribution in [0, 0.1) is 5.92 Å². The second-order valence-electron chi connectivity index (χ2n) is 6.65. The van der Waals surface area contributed by atoms with Crippen LogP contribution in [0.5, 0.6) is 0 Å². The number of aliphatic hydroxyl groups excluding tert-OH is 2. The number of fused-ring (bicyclic) bond motifs is 2. The smallest absolute Gasteiger partial charge is 0.169 e. The minimum absolute atomic E-state index is 0.271. The van der Waals surface area contributed by atoms with E-state index in [9.17, 15) is 10.2 Å². The molecule has 2 bridgehead atoms. The van der Waals surface area contributed by atoms with Gasteiger partial charge in [-0.1, -0.05) is 12.0 Å². The Bertz CT molecular complexity index is 533. The first-order valence-electron chi connectivity index (χ1n) is 8.52. The zero-order valence-corrected chi connectivity index (χ0v) is 14.9. The molecule has 0 aliphatic carbocycles. The van der Waals surface area contributed by atoms with Crippen molar-refractivity contribution in [3.8, 4) is 0 Å². The quantitative estimate of drug-likeness (QED) is 0.361. The van der Waals surface area contributed by atoms with Gasteiger partial charge in [0.2, 0.25) is 0 Å². The molecule has 3 saturated heterocycles. The normalized spacial score (nSPS) is 48.2. The van der Waals surface area contributed by atoms with Crippen LogP contribution in [0.25, 0.3) is 10.4 Å². The lowest BCUT2D eigenvalue weighted by molar-refractivity contribution is -0.321. The number of nitrogens with zero attached hydrogens (tertiary/aromatic N) is 3. The van der Waals surface area contributed by atoms with Gasteiger partial charge < -0.3 is 38.6 Å². The highest BCUT2D eigenvalue weighted by atomic mass is 16.8. The summed E-state index contributed by atoms with van der Waals surface area (Å²) < 4.78 is 34.0. The van der Waals surface area contributed by atoms with Gasteiger partial charge in [-0.25, -0.2) is 0 Å². The number of hydrogen-bond acceptors (Lipinski definition) is 9. The fourth-order valence-electron chi connectivity index (χ4n) is 3.84. The summed E-state index contributed by atoms with van der Waals surface area (Å²) in [4.78, 5) is 2.84. The first-order chi connectivity index (χ1) is 12.5. The lowest BCUT2D eigenvalue weighted by atomic mass is 9.91. The van der Waals surface area contributed by atoms with Crippen LogP contribution in [0.3, 0.4) is 0 Å². The van der Waals surface area contributed by atoms with Crippen LogP contribution in [-0.2, 0) is 28.4 Å². The molecule has 11 heteroatoms. The maximum absolute atomic E-state index is 10.2. The van der Waals surface area contributed by atoms with Crippen molar-refractivity contribution in [3.05, 3.63) is 10.4 Å². The molecule has 4 unspecified atom stereocenters. The van der Waals surface area contributed by atoms with Gasteiger partial charge in [-0.05, 0) is 5.53 Å². The maximum Gasteiger partial charge on any atom is 0.169 e. The first-order valence-corrected chi connectivity index (χ1v) is 8.52. The standard InChI is InChI=1S/C15H25N3O8/c1-6-11(21-2)10(20)7(4-19)24-14(6)26-12-8-5-23-15(25-8)9(17-18-16)13(12)22-3/h6-15,19-20H,4-5H2,1-3H3/t6?,7?,8?,9?,10-,11+,12-,13+,14+,15-/m1/s1. The zero-order chi connectivity index (χ0) is 18.8. The van der Waals surface area contributed by atoms with Crippen LogP contribution in [-0.4, -0.2) is 92.9 Å². The van der Waals surface area contributed by atoms with Gasteiger partial charge in [-0.15, -0.1) is 0 Å². The average Bonchev–Trinajstić information content (AvgIpc) is 3.07. The molecule has 0 aromatic carbocycles. The molecule has 2 N–H and O–H groups in total. The number of hydrogen-bond donors (Lipinski definition) is 2. The zero-order valence-electron chi connectivity index (χ0n) is 14.9. The van der Waals surface area contributed by atoms with Crippen molar-refractivity contribution in [1.29, 1.82) is 0 Å². The van der Waals surface area contributed by atoms with Crippen LogP contribution >= 0.6 is 0 Å². The van der Waals surface area contributed by atoms with Gasteiger partial charge in [0.25, 0.3) is 0 Å². The minimum atomic E-state index is -0.976. The Morgan fingerprint density at radius 2 is 1.92 bits per heavy atom. The van der Waals surface area contributed by atoms with Gasteiger partial charge in [0.05, 0.1) is 25.4 Å². The van der Waals surface area contributed by atoms with E-state index >= 15 is 0 Å². The van der Waals surface area contributed by atoms with Crippen molar-refractivity contribution in [3.63, 3.8) is 0 Å². The fraction of sp³-hybridized carbons (Fsp3) is 1.00. The highest BCUT2D eigenvalue weighted by Crippen LogP contribution is 2.37. The number of methoxy groups -OCH3 is 2. The molecule has 148 valence electrons. The third kappa shape index (κ3) is 3.42. The largest absolute Gasteiger partial charge is 0.394 e. The van der Waals surface area contributed by atoms with Crippen molar-refractivity contribution in [2.24, 2.45) is 11.0 Å². The molecule has 0 aromatic heterocycles. The van der Waals surface area contributed by atoms with Gasteiger partial charge in [0.1, 0.15) is 30.5 Å². The van der Waals surface area contributed by atoms with E-state index in [0.717, 1.165) is 0 Å².